The second kappa shape index (κ2) is 3.17. The molecule has 0 aromatic carbocycles. The highest BCUT2D eigenvalue weighted by molar-refractivity contribution is 7.91. The molecule has 0 bridgehead atoms. The number of aliphatic hydroxyl groups is 1. The van der Waals surface area contributed by atoms with Crippen LogP contribution < -0.4 is 0 Å². The number of rotatable bonds is 2. The summed E-state index contributed by atoms with van der Waals surface area (Å²) in [7, 11) is -3.54. The molecule has 0 aromatic heterocycles. The number of hydrogen-bond donors (Lipinski definition) is 2. The van der Waals surface area contributed by atoms with Crippen molar-refractivity contribution in [1.29, 1.82) is 0 Å². The molecule has 0 radical (unpaired) electrons. The molecular formula is C9H12F2O5S. The first-order valence-electron chi connectivity index (χ1n) is 5.06. The van der Waals surface area contributed by atoms with Crippen LogP contribution in [0.4, 0.5) is 8.78 Å². The molecule has 8 heteroatoms. The van der Waals surface area contributed by atoms with Crippen LogP contribution in [0.15, 0.2) is 0 Å². The molecule has 17 heavy (non-hydrogen) atoms. The van der Waals surface area contributed by atoms with Gasteiger partial charge in [-0.2, -0.15) is 0 Å². The van der Waals surface area contributed by atoms with Crippen molar-refractivity contribution < 1.29 is 32.2 Å². The number of alkyl halides is 2. The van der Waals surface area contributed by atoms with E-state index >= 15 is 0 Å². The van der Waals surface area contributed by atoms with Crippen LogP contribution >= 0.6 is 0 Å². The normalized spacial score (nSPS) is 37.4. The zero-order chi connectivity index (χ0) is 13.1. The zero-order valence-electron chi connectivity index (χ0n) is 8.82. The molecule has 0 aromatic rings. The summed E-state index contributed by atoms with van der Waals surface area (Å²) < 4.78 is 48.3. The predicted octanol–water partition coefficient (Wildman–Crippen LogP) is 0.0361. The molecule has 0 spiro atoms. The third-order valence-corrected chi connectivity index (χ3v) is 5.45. The fourth-order valence-electron chi connectivity index (χ4n) is 2.72. The van der Waals surface area contributed by atoms with E-state index in [1.54, 1.807) is 0 Å². The summed E-state index contributed by atoms with van der Waals surface area (Å²) >= 11 is 0. The van der Waals surface area contributed by atoms with Gasteiger partial charge in [0.2, 0.25) is 0 Å². The van der Waals surface area contributed by atoms with Gasteiger partial charge in [0, 0.05) is 12.8 Å². The quantitative estimate of drug-likeness (QED) is 0.739. The highest BCUT2D eigenvalue weighted by atomic mass is 32.2. The van der Waals surface area contributed by atoms with Gasteiger partial charge < -0.3 is 10.2 Å². The Balaban J connectivity index is 2.35. The van der Waals surface area contributed by atoms with E-state index in [0.29, 0.717) is 0 Å². The predicted molar refractivity (Wildman–Crippen MR) is 52.5 cm³/mol. The van der Waals surface area contributed by atoms with Crippen LogP contribution in [-0.2, 0) is 14.6 Å². The molecule has 1 saturated heterocycles. The maximum Gasteiger partial charge on any atom is 0.313 e. The summed E-state index contributed by atoms with van der Waals surface area (Å²) in [5.41, 5.74) is -4.10. The first-order chi connectivity index (χ1) is 7.52. The SMILES string of the molecule is O=C(O)C1(C2(O)CCS(=O)(=O)C2)CC(F)(F)C1. The molecule has 1 heterocycles. The van der Waals surface area contributed by atoms with Crippen LogP contribution in [0, 0.1) is 5.41 Å². The minimum Gasteiger partial charge on any atom is -0.481 e. The summed E-state index contributed by atoms with van der Waals surface area (Å²) in [4.78, 5) is 11.1. The molecular weight excluding hydrogens is 258 g/mol. The Kier molecular flexibility index (Phi) is 2.36. The number of sulfone groups is 1. The van der Waals surface area contributed by atoms with E-state index in [1.165, 1.54) is 0 Å². The molecule has 1 atom stereocenters. The van der Waals surface area contributed by atoms with Gasteiger partial charge in [0.25, 0.3) is 5.92 Å². The van der Waals surface area contributed by atoms with Crippen molar-refractivity contribution in [2.45, 2.75) is 30.8 Å². The van der Waals surface area contributed by atoms with Crippen molar-refractivity contribution in [2.75, 3.05) is 11.5 Å². The molecule has 2 fully saturated rings. The zero-order valence-corrected chi connectivity index (χ0v) is 9.64. The summed E-state index contributed by atoms with van der Waals surface area (Å²) in [6, 6.07) is 0. The Bertz CT molecular complexity index is 464. The molecule has 1 aliphatic heterocycles. The second-order valence-electron chi connectivity index (χ2n) is 4.97. The molecule has 0 amide bonds. The molecule has 2 aliphatic rings. The lowest BCUT2D eigenvalue weighted by Crippen LogP contribution is -2.64. The van der Waals surface area contributed by atoms with Gasteiger partial charge in [-0.3, -0.25) is 4.79 Å². The Morgan fingerprint density at radius 1 is 1.24 bits per heavy atom. The maximum atomic E-state index is 12.9. The van der Waals surface area contributed by atoms with Gasteiger partial charge >= 0.3 is 5.97 Å². The van der Waals surface area contributed by atoms with Gasteiger partial charge in [0.1, 0.15) is 5.41 Å². The fraction of sp³-hybridized carbons (Fsp3) is 0.889. The van der Waals surface area contributed by atoms with Crippen molar-refractivity contribution in [2.24, 2.45) is 5.41 Å². The van der Waals surface area contributed by atoms with Gasteiger partial charge in [-0.05, 0) is 6.42 Å². The number of carbonyl (C=O) groups is 1. The van der Waals surface area contributed by atoms with E-state index < -0.39 is 51.3 Å². The minimum absolute atomic E-state index is 0.294. The van der Waals surface area contributed by atoms with Gasteiger partial charge in [-0.15, -0.1) is 0 Å². The van der Waals surface area contributed by atoms with Crippen molar-refractivity contribution in [1.82, 2.24) is 0 Å². The number of carboxylic acids is 1. The fourth-order valence-corrected chi connectivity index (χ4v) is 4.66. The van der Waals surface area contributed by atoms with Crippen molar-refractivity contribution in [3.05, 3.63) is 0 Å². The highest BCUT2D eigenvalue weighted by Crippen LogP contribution is 2.60. The third-order valence-electron chi connectivity index (χ3n) is 3.71. The van der Waals surface area contributed by atoms with Crippen molar-refractivity contribution in [3.63, 3.8) is 0 Å². The van der Waals surface area contributed by atoms with Crippen molar-refractivity contribution in [3.8, 4) is 0 Å². The summed E-state index contributed by atoms with van der Waals surface area (Å²) in [6.07, 6.45) is -2.29. The average molecular weight is 270 g/mol. The molecule has 2 N–H and O–H groups in total. The molecule has 1 aliphatic carbocycles. The van der Waals surface area contributed by atoms with E-state index in [-0.39, 0.29) is 12.2 Å². The van der Waals surface area contributed by atoms with Crippen LogP contribution in [0.5, 0.6) is 0 Å². The van der Waals surface area contributed by atoms with Gasteiger partial charge in [0.15, 0.2) is 9.84 Å². The Labute approximate surface area is 96.4 Å². The lowest BCUT2D eigenvalue weighted by molar-refractivity contribution is -0.238. The van der Waals surface area contributed by atoms with Gasteiger partial charge in [-0.25, -0.2) is 17.2 Å². The Morgan fingerprint density at radius 2 is 1.76 bits per heavy atom. The van der Waals surface area contributed by atoms with E-state index in [0.717, 1.165) is 0 Å². The lowest BCUT2D eigenvalue weighted by Gasteiger charge is -2.51. The lowest BCUT2D eigenvalue weighted by atomic mass is 9.56. The summed E-state index contributed by atoms with van der Waals surface area (Å²) in [5, 5.41) is 19.1. The van der Waals surface area contributed by atoms with Crippen LogP contribution in [0.1, 0.15) is 19.3 Å². The highest BCUT2D eigenvalue weighted by Gasteiger charge is 2.72. The largest absolute Gasteiger partial charge is 0.481 e. The Morgan fingerprint density at radius 3 is 2.06 bits per heavy atom. The Hall–Kier alpha value is -0.760. The monoisotopic (exact) mass is 270 g/mol. The maximum absolute atomic E-state index is 12.9. The molecule has 1 unspecified atom stereocenters. The standard InChI is InChI=1S/C9H12F2O5S/c10-9(11)3-7(4-9,6(12)13)8(14)1-2-17(15,16)5-8/h14H,1-5H2,(H,12,13). The van der Waals surface area contributed by atoms with Crippen molar-refractivity contribution >= 4 is 15.8 Å². The van der Waals surface area contributed by atoms with Gasteiger partial charge in [-0.1, -0.05) is 0 Å². The van der Waals surface area contributed by atoms with E-state index in [1.807, 2.05) is 0 Å². The summed E-state index contributed by atoms with van der Waals surface area (Å²) in [6.45, 7) is 0. The first kappa shape index (κ1) is 12.7. The first-order valence-corrected chi connectivity index (χ1v) is 6.88. The molecule has 98 valence electrons. The number of carboxylic acid groups (broad SMARTS) is 1. The molecule has 1 saturated carbocycles. The van der Waals surface area contributed by atoms with Crippen LogP contribution in [0.2, 0.25) is 0 Å². The number of aliphatic carboxylic acids is 1. The van der Waals surface area contributed by atoms with E-state index in [2.05, 4.69) is 0 Å². The van der Waals surface area contributed by atoms with E-state index in [4.69, 9.17) is 5.11 Å². The summed E-state index contributed by atoms with van der Waals surface area (Å²) in [5.74, 6) is -5.80. The topological polar surface area (TPSA) is 91.7 Å². The third kappa shape index (κ3) is 1.74. The second-order valence-corrected chi connectivity index (χ2v) is 7.15. The van der Waals surface area contributed by atoms with E-state index in [9.17, 15) is 27.1 Å². The molecule has 2 rings (SSSR count). The van der Waals surface area contributed by atoms with Crippen LogP contribution in [0.3, 0.4) is 0 Å². The molecule has 5 nitrogen and oxygen atoms in total. The van der Waals surface area contributed by atoms with Crippen LogP contribution in [0.25, 0.3) is 0 Å². The van der Waals surface area contributed by atoms with Crippen LogP contribution in [-0.4, -0.2) is 47.6 Å². The number of hydrogen-bond acceptors (Lipinski definition) is 4. The van der Waals surface area contributed by atoms with Gasteiger partial charge in [0.05, 0.1) is 17.1 Å². The smallest absolute Gasteiger partial charge is 0.313 e. The average Bonchev–Trinajstić information content (AvgIpc) is 2.36. The minimum atomic E-state index is -3.54. The number of halogens is 2.